The lowest BCUT2D eigenvalue weighted by Crippen LogP contribution is -2.11. The molecule has 0 aliphatic carbocycles. The number of nitrogens with zero attached hydrogens (tertiary/aromatic N) is 1. The Kier molecular flexibility index (Phi) is 7.14. The van der Waals surface area contributed by atoms with E-state index >= 15 is 0 Å². The van der Waals surface area contributed by atoms with Crippen LogP contribution in [-0.4, -0.2) is 0 Å². The van der Waals surface area contributed by atoms with E-state index in [-0.39, 0.29) is 0 Å². The van der Waals surface area contributed by atoms with Gasteiger partial charge in [0.1, 0.15) is 11.5 Å². The van der Waals surface area contributed by atoms with Crippen molar-refractivity contribution < 1.29 is 9.47 Å². The molecule has 0 unspecified atom stereocenters. The van der Waals surface area contributed by atoms with E-state index in [0.717, 1.165) is 67.2 Å². The van der Waals surface area contributed by atoms with Crippen molar-refractivity contribution >= 4 is 27.8 Å². The van der Waals surface area contributed by atoms with Crippen LogP contribution in [0.15, 0.2) is 188 Å². The molecule has 232 valence electrons. The quantitative estimate of drug-likeness (QED) is 0.183. The minimum absolute atomic E-state index is 0.660. The van der Waals surface area contributed by atoms with Crippen LogP contribution in [0.2, 0.25) is 0 Å². The monoisotopic (exact) mass is 629 g/mol. The minimum atomic E-state index is 0.660. The van der Waals surface area contributed by atoms with Crippen molar-refractivity contribution in [1.29, 1.82) is 0 Å². The molecule has 0 N–H and O–H groups in total. The van der Waals surface area contributed by atoms with Crippen LogP contribution in [-0.2, 0) is 0 Å². The lowest BCUT2D eigenvalue weighted by atomic mass is 9.96. The highest BCUT2D eigenvalue weighted by Crippen LogP contribution is 2.49. The van der Waals surface area contributed by atoms with Gasteiger partial charge in [-0.1, -0.05) is 140 Å². The van der Waals surface area contributed by atoms with Gasteiger partial charge in [-0.25, -0.2) is 0 Å². The van der Waals surface area contributed by atoms with Crippen LogP contribution in [0.25, 0.3) is 44.2 Å². The Bertz CT molecular complexity index is 2420. The molecule has 8 aromatic rings. The van der Waals surface area contributed by atoms with Gasteiger partial charge in [-0.15, -0.1) is 0 Å². The number of anilines is 3. The molecule has 1 aliphatic rings. The Morgan fingerprint density at radius 3 is 1.51 bits per heavy atom. The second-order valence-electron chi connectivity index (χ2n) is 12.2. The van der Waals surface area contributed by atoms with E-state index in [2.05, 4.69) is 157 Å². The van der Waals surface area contributed by atoms with Crippen molar-refractivity contribution in [2.75, 3.05) is 4.90 Å². The predicted molar refractivity (Wildman–Crippen MR) is 202 cm³/mol. The molecule has 1 heterocycles. The lowest BCUT2D eigenvalue weighted by Gasteiger charge is -2.29. The summed E-state index contributed by atoms with van der Waals surface area (Å²) in [4.78, 5) is 2.33. The van der Waals surface area contributed by atoms with Crippen LogP contribution >= 0.6 is 0 Å². The van der Waals surface area contributed by atoms with Gasteiger partial charge >= 0.3 is 0 Å². The molecule has 49 heavy (non-hydrogen) atoms. The van der Waals surface area contributed by atoms with E-state index in [0.29, 0.717) is 11.5 Å². The normalized spacial score (nSPS) is 11.6. The van der Waals surface area contributed by atoms with Crippen molar-refractivity contribution in [2.45, 2.75) is 0 Å². The van der Waals surface area contributed by atoms with Crippen LogP contribution in [0, 0.1) is 0 Å². The second-order valence-corrected chi connectivity index (χ2v) is 12.2. The first-order valence-corrected chi connectivity index (χ1v) is 16.5. The van der Waals surface area contributed by atoms with E-state index < -0.39 is 0 Å². The van der Waals surface area contributed by atoms with E-state index in [4.69, 9.17) is 9.47 Å². The van der Waals surface area contributed by atoms with Crippen molar-refractivity contribution in [3.63, 3.8) is 0 Å². The number of rotatable bonds is 6. The standard InChI is InChI=1S/C46H31NO2/c1-4-12-32(13-5-1)34-22-25-38(26-23-34)47(41-30-37(33-14-6-2-7-15-33)24-28-40(41)35-16-8-3-9-17-35)39-27-29-42-45(31-39)49-44-21-11-19-36-18-10-20-43(48-42)46(36)44/h1-31H. The Morgan fingerprint density at radius 2 is 0.857 bits per heavy atom. The van der Waals surface area contributed by atoms with Crippen LogP contribution in [0.5, 0.6) is 23.0 Å². The first kappa shape index (κ1) is 28.6. The first-order chi connectivity index (χ1) is 24.3. The predicted octanol–water partition coefficient (Wildman–Crippen LogP) is 13.2. The van der Waals surface area contributed by atoms with E-state index in [1.54, 1.807) is 0 Å². The summed E-state index contributed by atoms with van der Waals surface area (Å²) in [5, 5.41) is 2.05. The maximum atomic E-state index is 6.67. The Labute approximate surface area is 285 Å². The summed E-state index contributed by atoms with van der Waals surface area (Å²) in [7, 11) is 0. The topological polar surface area (TPSA) is 21.7 Å². The molecule has 3 heteroatoms. The molecular formula is C46H31NO2. The molecule has 8 aromatic carbocycles. The second kappa shape index (κ2) is 12.2. The third-order valence-electron chi connectivity index (χ3n) is 9.12. The third-order valence-corrected chi connectivity index (χ3v) is 9.12. The Hall–Kier alpha value is -6.58. The van der Waals surface area contributed by atoms with Crippen LogP contribution in [0.3, 0.4) is 0 Å². The first-order valence-electron chi connectivity index (χ1n) is 16.5. The molecule has 0 atom stereocenters. The molecule has 0 aromatic heterocycles. The maximum Gasteiger partial charge on any atom is 0.172 e. The molecule has 0 fully saturated rings. The fourth-order valence-electron chi connectivity index (χ4n) is 6.73. The highest BCUT2D eigenvalue weighted by atomic mass is 16.5. The summed E-state index contributed by atoms with van der Waals surface area (Å²) in [6.07, 6.45) is 0. The molecule has 0 bridgehead atoms. The highest BCUT2D eigenvalue weighted by Gasteiger charge is 2.23. The number of hydrogen-bond donors (Lipinski definition) is 0. The molecule has 0 radical (unpaired) electrons. The van der Waals surface area contributed by atoms with Crippen LogP contribution < -0.4 is 14.4 Å². The summed E-state index contributed by atoms with van der Waals surface area (Å²) in [6.45, 7) is 0. The molecule has 0 spiro atoms. The Morgan fingerprint density at radius 1 is 0.327 bits per heavy atom. The van der Waals surface area contributed by atoms with Gasteiger partial charge in [-0.2, -0.15) is 0 Å². The van der Waals surface area contributed by atoms with E-state index in [9.17, 15) is 0 Å². The fraction of sp³-hybridized carbons (Fsp3) is 0. The summed E-state index contributed by atoms with van der Waals surface area (Å²) in [5.74, 6) is 2.90. The maximum absolute atomic E-state index is 6.67. The minimum Gasteiger partial charge on any atom is -0.453 e. The van der Waals surface area contributed by atoms with Gasteiger partial charge in [-0.05, 0) is 75.7 Å². The third kappa shape index (κ3) is 5.38. The van der Waals surface area contributed by atoms with Crippen LogP contribution in [0.1, 0.15) is 0 Å². The van der Waals surface area contributed by atoms with Gasteiger partial charge in [0, 0.05) is 17.3 Å². The fourth-order valence-corrected chi connectivity index (χ4v) is 6.73. The largest absolute Gasteiger partial charge is 0.453 e. The summed E-state index contributed by atoms with van der Waals surface area (Å²) < 4.78 is 13.2. The van der Waals surface area contributed by atoms with Crippen molar-refractivity contribution in [3.8, 4) is 56.4 Å². The SMILES string of the molecule is c1ccc(-c2ccc(N(c3ccc4c(c3)Oc3cccc5cccc(c35)O4)c3cc(-c4ccccc4)ccc3-c3ccccc3)cc2)cc1. The molecule has 3 nitrogen and oxygen atoms in total. The number of hydrogen-bond acceptors (Lipinski definition) is 3. The molecule has 0 saturated heterocycles. The van der Waals surface area contributed by atoms with Gasteiger partial charge in [-0.3, -0.25) is 0 Å². The highest BCUT2D eigenvalue weighted by molar-refractivity contribution is 5.95. The number of benzene rings is 8. The van der Waals surface area contributed by atoms with E-state index in [1.807, 2.05) is 36.4 Å². The summed E-state index contributed by atoms with van der Waals surface area (Å²) in [5.41, 5.74) is 9.94. The van der Waals surface area contributed by atoms with Gasteiger partial charge < -0.3 is 14.4 Å². The molecule has 1 aliphatic heterocycles. The molecular weight excluding hydrogens is 599 g/mol. The van der Waals surface area contributed by atoms with Gasteiger partial charge in [0.25, 0.3) is 0 Å². The zero-order chi connectivity index (χ0) is 32.6. The van der Waals surface area contributed by atoms with Gasteiger partial charge in [0.15, 0.2) is 11.5 Å². The Balaban J connectivity index is 1.25. The van der Waals surface area contributed by atoms with Gasteiger partial charge in [0.2, 0.25) is 0 Å². The lowest BCUT2D eigenvalue weighted by molar-refractivity contribution is 0.439. The van der Waals surface area contributed by atoms with Crippen molar-refractivity contribution in [3.05, 3.63) is 188 Å². The van der Waals surface area contributed by atoms with Crippen LogP contribution in [0.4, 0.5) is 17.1 Å². The number of ether oxygens (including phenoxy) is 2. The van der Waals surface area contributed by atoms with Gasteiger partial charge in [0.05, 0.1) is 16.8 Å². The van der Waals surface area contributed by atoms with Crippen molar-refractivity contribution in [1.82, 2.24) is 0 Å². The smallest absolute Gasteiger partial charge is 0.172 e. The average Bonchev–Trinajstić information content (AvgIpc) is 3.33. The van der Waals surface area contributed by atoms with E-state index in [1.165, 1.54) is 5.56 Å². The zero-order valence-corrected chi connectivity index (χ0v) is 26.7. The molecule has 9 rings (SSSR count). The molecule has 0 saturated carbocycles. The summed E-state index contributed by atoms with van der Waals surface area (Å²) >= 11 is 0. The zero-order valence-electron chi connectivity index (χ0n) is 26.7. The average molecular weight is 630 g/mol. The number of fused-ring (bicyclic) bond motifs is 1. The molecule has 0 amide bonds. The summed E-state index contributed by atoms with van der Waals surface area (Å²) in [6, 6.07) is 65.6. The van der Waals surface area contributed by atoms with Crippen molar-refractivity contribution in [2.24, 2.45) is 0 Å².